The van der Waals surface area contributed by atoms with Gasteiger partial charge in [-0.3, -0.25) is 9.59 Å². The van der Waals surface area contributed by atoms with Crippen molar-refractivity contribution < 1.29 is 23.2 Å². The van der Waals surface area contributed by atoms with E-state index in [0.717, 1.165) is 10.4 Å². The minimum Gasteiger partial charge on any atom is -0.462 e. The van der Waals surface area contributed by atoms with Crippen LogP contribution >= 0.6 is 11.3 Å². The van der Waals surface area contributed by atoms with E-state index in [-0.39, 0.29) is 29.0 Å². The highest BCUT2D eigenvalue weighted by Gasteiger charge is 2.24. The van der Waals surface area contributed by atoms with Gasteiger partial charge >= 0.3 is 11.7 Å². The number of aryl methyl sites for hydroxylation is 1. The average Bonchev–Trinajstić information content (AvgIpc) is 3.24. The number of ether oxygens (including phenoxy) is 1. The largest absolute Gasteiger partial charge is 0.462 e. The van der Waals surface area contributed by atoms with Crippen LogP contribution in [0.1, 0.15) is 38.3 Å². The van der Waals surface area contributed by atoms with E-state index in [0.29, 0.717) is 21.5 Å². The highest BCUT2D eigenvalue weighted by Crippen LogP contribution is 2.33. The smallest absolute Gasteiger partial charge is 0.341 e. The molecule has 1 N–H and O–H groups in total. The Morgan fingerprint density at radius 1 is 1.14 bits per heavy atom. The Morgan fingerprint density at radius 3 is 2.66 bits per heavy atom. The zero-order valence-electron chi connectivity index (χ0n) is 16.0. The fourth-order valence-corrected chi connectivity index (χ4v) is 4.08. The Morgan fingerprint density at radius 2 is 1.90 bits per heavy atom. The predicted molar refractivity (Wildman–Crippen MR) is 110 cm³/mol. The number of anilines is 1. The summed E-state index contributed by atoms with van der Waals surface area (Å²) in [5.74, 6) is -1.21. The molecule has 0 aliphatic carbocycles. The number of para-hydroxylation sites is 1. The van der Waals surface area contributed by atoms with E-state index < -0.39 is 11.9 Å². The molecular weight excluding hydrogens is 394 g/mol. The zero-order valence-corrected chi connectivity index (χ0v) is 16.8. The van der Waals surface area contributed by atoms with Gasteiger partial charge in [-0.05, 0) is 38.5 Å². The second-order valence-electron chi connectivity index (χ2n) is 6.40. The number of carbonyl (C=O) groups excluding carboxylic acids is 2. The minimum absolute atomic E-state index is 0.0250. The summed E-state index contributed by atoms with van der Waals surface area (Å²) < 4.78 is 16.2. The van der Waals surface area contributed by atoms with Crippen LogP contribution in [-0.2, 0) is 4.74 Å². The molecule has 3 aromatic heterocycles. The van der Waals surface area contributed by atoms with Crippen LogP contribution in [0.5, 0.6) is 0 Å². The lowest BCUT2D eigenvalue weighted by atomic mass is 10.1. The first-order valence-electron chi connectivity index (χ1n) is 8.94. The van der Waals surface area contributed by atoms with Crippen LogP contribution in [0.4, 0.5) is 5.00 Å². The van der Waals surface area contributed by atoms with Gasteiger partial charge in [0.25, 0.3) is 5.91 Å². The Kier molecular flexibility index (Phi) is 4.71. The second-order valence-corrected chi connectivity index (χ2v) is 7.63. The normalized spacial score (nSPS) is 11.1. The van der Waals surface area contributed by atoms with Crippen molar-refractivity contribution in [3.8, 4) is 0 Å². The SMILES string of the molecule is CCOC(=O)c1c(NC(=O)c2cc3c(=O)c4ccccc4oc3o2)sc(C)c1C. The van der Waals surface area contributed by atoms with E-state index >= 15 is 0 Å². The van der Waals surface area contributed by atoms with Crippen molar-refractivity contribution in [3.63, 3.8) is 0 Å². The van der Waals surface area contributed by atoms with Gasteiger partial charge in [-0.1, -0.05) is 12.1 Å². The summed E-state index contributed by atoms with van der Waals surface area (Å²) in [6, 6.07) is 8.13. The first-order valence-corrected chi connectivity index (χ1v) is 9.76. The fraction of sp³-hybridized carbons (Fsp3) is 0.190. The quantitative estimate of drug-likeness (QED) is 0.491. The molecule has 0 aliphatic heterocycles. The molecule has 1 aromatic carbocycles. The van der Waals surface area contributed by atoms with Gasteiger partial charge < -0.3 is 18.9 Å². The molecule has 3 heterocycles. The number of thiophene rings is 1. The number of esters is 1. The standard InChI is InChI=1S/C21H17NO6S/c1-4-26-20(25)16-10(2)11(3)29-19(16)22-18(24)15-9-13-17(23)12-7-5-6-8-14(12)27-21(13)28-15/h5-9H,4H2,1-3H3,(H,22,24). The molecule has 148 valence electrons. The van der Waals surface area contributed by atoms with E-state index in [9.17, 15) is 14.4 Å². The molecule has 1 amide bonds. The number of nitrogens with one attached hydrogen (secondary N) is 1. The molecule has 0 radical (unpaired) electrons. The third-order valence-electron chi connectivity index (χ3n) is 4.59. The van der Waals surface area contributed by atoms with Crippen molar-refractivity contribution in [1.29, 1.82) is 0 Å². The second kappa shape index (κ2) is 7.21. The monoisotopic (exact) mass is 411 g/mol. The molecule has 0 unspecified atom stereocenters. The van der Waals surface area contributed by atoms with Crippen LogP contribution in [0.15, 0.2) is 44.0 Å². The van der Waals surface area contributed by atoms with Crippen molar-refractivity contribution >= 4 is 50.3 Å². The number of fused-ring (bicyclic) bond motifs is 2. The number of benzene rings is 1. The van der Waals surface area contributed by atoms with Crippen molar-refractivity contribution in [2.24, 2.45) is 0 Å². The number of hydrogen-bond donors (Lipinski definition) is 1. The number of hydrogen-bond acceptors (Lipinski definition) is 7. The first kappa shape index (κ1) is 18.9. The average molecular weight is 411 g/mol. The van der Waals surface area contributed by atoms with E-state index in [4.69, 9.17) is 13.6 Å². The molecule has 29 heavy (non-hydrogen) atoms. The van der Waals surface area contributed by atoms with Crippen LogP contribution < -0.4 is 10.7 Å². The van der Waals surface area contributed by atoms with Crippen molar-refractivity contribution in [3.05, 3.63) is 62.3 Å². The van der Waals surface area contributed by atoms with Crippen molar-refractivity contribution in [2.45, 2.75) is 20.8 Å². The molecule has 0 fully saturated rings. The van der Waals surface area contributed by atoms with Gasteiger partial charge in [-0.15, -0.1) is 11.3 Å². The number of rotatable bonds is 4. The highest BCUT2D eigenvalue weighted by atomic mass is 32.1. The Hall–Kier alpha value is -3.39. The summed E-state index contributed by atoms with van der Waals surface area (Å²) in [5.41, 5.74) is 1.16. The lowest BCUT2D eigenvalue weighted by Gasteiger charge is -2.05. The lowest BCUT2D eigenvalue weighted by Crippen LogP contribution is -2.14. The molecule has 7 nitrogen and oxygen atoms in total. The maximum Gasteiger partial charge on any atom is 0.341 e. The third kappa shape index (κ3) is 3.21. The van der Waals surface area contributed by atoms with Crippen LogP contribution in [-0.4, -0.2) is 18.5 Å². The molecule has 0 bridgehead atoms. The number of furan rings is 1. The minimum atomic E-state index is -0.591. The van der Waals surface area contributed by atoms with Crippen LogP contribution in [0.2, 0.25) is 0 Å². The molecule has 0 spiro atoms. The summed E-state index contributed by atoms with van der Waals surface area (Å²) in [5, 5.41) is 3.64. The first-order chi connectivity index (χ1) is 13.9. The van der Waals surface area contributed by atoms with Gasteiger partial charge in [0.15, 0.2) is 5.76 Å². The molecule has 0 atom stereocenters. The van der Waals surface area contributed by atoms with Crippen LogP contribution in [0, 0.1) is 13.8 Å². The predicted octanol–water partition coefficient (Wildman–Crippen LogP) is 4.65. The van der Waals surface area contributed by atoms with Gasteiger partial charge in [-0.25, -0.2) is 4.79 Å². The Labute approximate surface area is 168 Å². The maximum atomic E-state index is 12.7. The van der Waals surface area contributed by atoms with E-state index in [1.807, 2.05) is 6.92 Å². The summed E-state index contributed by atoms with van der Waals surface area (Å²) in [6.07, 6.45) is 0. The molecular formula is C21H17NO6S. The molecule has 0 saturated carbocycles. The zero-order chi connectivity index (χ0) is 20.7. The Bertz CT molecular complexity index is 1330. The lowest BCUT2D eigenvalue weighted by molar-refractivity contribution is 0.0527. The van der Waals surface area contributed by atoms with Crippen LogP contribution in [0.3, 0.4) is 0 Å². The highest BCUT2D eigenvalue weighted by molar-refractivity contribution is 7.16. The van der Waals surface area contributed by atoms with Gasteiger partial charge in [0.2, 0.25) is 5.43 Å². The van der Waals surface area contributed by atoms with Crippen LogP contribution in [0.25, 0.3) is 22.1 Å². The maximum absolute atomic E-state index is 12.7. The molecule has 4 rings (SSSR count). The number of carbonyl (C=O) groups is 2. The van der Waals surface area contributed by atoms with Crippen molar-refractivity contribution in [1.82, 2.24) is 0 Å². The van der Waals surface area contributed by atoms with E-state index in [1.165, 1.54) is 17.4 Å². The fourth-order valence-electron chi connectivity index (χ4n) is 3.04. The van der Waals surface area contributed by atoms with E-state index in [2.05, 4.69) is 5.32 Å². The van der Waals surface area contributed by atoms with E-state index in [1.54, 1.807) is 38.1 Å². The summed E-state index contributed by atoms with van der Waals surface area (Å²) in [4.78, 5) is 38.6. The molecule has 0 aliphatic rings. The molecule has 4 aromatic rings. The summed E-state index contributed by atoms with van der Waals surface area (Å²) >= 11 is 1.27. The van der Waals surface area contributed by atoms with Gasteiger partial charge in [-0.2, -0.15) is 0 Å². The topological polar surface area (TPSA) is 98.8 Å². The van der Waals surface area contributed by atoms with Crippen molar-refractivity contribution in [2.75, 3.05) is 11.9 Å². The van der Waals surface area contributed by atoms with Gasteiger partial charge in [0, 0.05) is 10.9 Å². The number of amides is 1. The third-order valence-corrected chi connectivity index (χ3v) is 5.72. The Balaban J connectivity index is 1.73. The molecule has 8 heteroatoms. The summed E-state index contributed by atoms with van der Waals surface area (Å²) in [6.45, 7) is 5.59. The molecule has 0 saturated heterocycles. The summed E-state index contributed by atoms with van der Waals surface area (Å²) in [7, 11) is 0. The van der Waals surface area contributed by atoms with Gasteiger partial charge in [0.1, 0.15) is 16.0 Å². The van der Waals surface area contributed by atoms with Gasteiger partial charge in [0.05, 0.1) is 17.6 Å².